The van der Waals surface area contributed by atoms with Gasteiger partial charge < -0.3 is 5.73 Å². The minimum absolute atomic E-state index is 0.0582. The first-order valence-corrected chi connectivity index (χ1v) is 5.60. The van der Waals surface area contributed by atoms with Gasteiger partial charge in [0.2, 0.25) is 0 Å². The Morgan fingerprint density at radius 3 is 2.71 bits per heavy atom. The van der Waals surface area contributed by atoms with Crippen LogP contribution in [0.5, 0.6) is 0 Å². The number of rotatable bonds is 2. The molecule has 92 valence electrons. The highest BCUT2D eigenvalue weighted by Crippen LogP contribution is 2.34. The Balaban J connectivity index is 2.09. The number of nitrogens with two attached hydrogens (primary N) is 1. The number of fused-ring (bicyclic) bond motifs is 1. The van der Waals surface area contributed by atoms with E-state index in [1.54, 1.807) is 12.1 Å². The minimum atomic E-state index is -4.07. The van der Waals surface area contributed by atoms with Crippen molar-refractivity contribution in [2.75, 3.05) is 5.73 Å². The van der Waals surface area contributed by atoms with Crippen LogP contribution in [0.15, 0.2) is 24.3 Å². The summed E-state index contributed by atoms with van der Waals surface area (Å²) in [6.07, 6.45) is -1.37. The molecule has 0 amide bonds. The topological polar surface area (TPSA) is 26.0 Å². The number of allylic oxidation sites excluding steroid dienone is 2. The van der Waals surface area contributed by atoms with Crippen molar-refractivity contribution >= 4 is 11.3 Å². The fourth-order valence-corrected chi connectivity index (χ4v) is 2.16. The average Bonchev–Trinajstić information content (AvgIpc) is 2.59. The number of benzene rings is 1. The zero-order chi connectivity index (χ0) is 12.5. The molecular formula is C13H14F3N. The number of aryl methyl sites for hydroxylation is 1. The first-order valence-electron chi connectivity index (χ1n) is 5.60. The molecule has 2 N–H and O–H groups in total. The highest BCUT2D eigenvalue weighted by molar-refractivity contribution is 5.74. The zero-order valence-corrected chi connectivity index (χ0v) is 9.35. The predicted molar refractivity (Wildman–Crippen MR) is 62.4 cm³/mol. The van der Waals surface area contributed by atoms with Gasteiger partial charge in [0.1, 0.15) is 0 Å². The molecule has 0 saturated heterocycles. The molecule has 4 heteroatoms. The highest BCUT2D eigenvalue weighted by Gasteiger charge is 2.26. The van der Waals surface area contributed by atoms with Crippen LogP contribution in [-0.2, 0) is 6.42 Å². The fraction of sp³-hybridized carbons (Fsp3) is 0.385. The molecule has 0 spiro atoms. The van der Waals surface area contributed by atoms with Crippen LogP contribution in [0.25, 0.3) is 5.57 Å². The molecular weight excluding hydrogens is 227 g/mol. The molecule has 0 saturated carbocycles. The van der Waals surface area contributed by atoms with Crippen molar-refractivity contribution in [2.45, 2.75) is 31.9 Å². The summed E-state index contributed by atoms with van der Waals surface area (Å²) in [4.78, 5) is 0. The lowest BCUT2D eigenvalue weighted by molar-refractivity contribution is -0.133. The summed E-state index contributed by atoms with van der Waals surface area (Å²) >= 11 is 0. The molecule has 1 aliphatic carbocycles. The van der Waals surface area contributed by atoms with Gasteiger partial charge in [-0.1, -0.05) is 12.1 Å². The summed E-state index contributed by atoms with van der Waals surface area (Å²) in [6.45, 7) is 0. The monoisotopic (exact) mass is 241 g/mol. The van der Waals surface area contributed by atoms with E-state index in [4.69, 9.17) is 5.73 Å². The van der Waals surface area contributed by atoms with Crippen LogP contribution in [0.2, 0.25) is 0 Å². The zero-order valence-electron chi connectivity index (χ0n) is 9.35. The van der Waals surface area contributed by atoms with Crippen LogP contribution in [0.4, 0.5) is 18.9 Å². The first-order chi connectivity index (χ1) is 7.96. The summed E-state index contributed by atoms with van der Waals surface area (Å²) < 4.78 is 36.1. The Morgan fingerprint density at radius 2 is 2.00 bits per heavy atom. The Hall–Kier alpha value is -1.45. The van der Waals surface area contributed by atoms with Crippen molar-refractivity contribution < 1.29 is 13.2 Å². The van der Waals surface area contributed by atoms with E-state index in [1.165, 1.54) is 0 Å². The van der Waals surface area contributed by atoms with Crippen LogP contribution in [0.1, 0.15) is 30.4 Å². The van der Waals surface area contributed by atoms with Gasteiger partial charge in [0.25, 0.3) is 0 Å². The van der Waals surface area contributed by atoms with Gasteiger partial charge in [-0.3, -0.25) is 0 Å². The lowest BCUT2D eigenvalue weighted by Crippen LogP contribution is -2.05. The van der Waals surface area contributed by atoms with E-state index in [9.17, 15) is 13.2 Å². The number of halogens is 3. The summed E-state index contributed by atoms with van der Waals surface area (Å²) in [5.41, 5.74) is 9.59. The summed E-state index contributed by atoms with van der Waals surface area (Å²) in [5.74, 6) is 0. The van der Waals surface area contributed by atoms with Gasteiger partial charge in [-0.05, 0) is 48.1 Å². The van der Waals surface area contributed by atoms with E-state index in [0.29, 0.717) is 5.69 Å². The largest absolute Gasteiger partial charge is 0.399 e. The normalized spacial score (nSPS) is 17.5. The second-order valence-corrected chi connectivity index (χ2v) is 4.30. The Labute approximate surface area is 98.1 Å². The number of anilines is 1. The smallest absolute Gasteiger partial charge is 0.389 e. The number of nitrogen functional groups attached to an aromatic ring is 1. The lowest BCUT2D eigenvalue weighted by Gasteiger charge is -2.05. The minimum Gasteiger partial charge on any atom is -0.399 e. The number of alkyl halides is 3. The van der Waals surface area contributed by atoms with Crippen LogP contribution < -0.4 is 5.73 Å². The molecule has 1 aromatic carbocycles. The van der Waals surface area contributed by atoms with E-state index in [0.717, 1.165) is 29.5 Å². The van der Waals surface area contributed by atoms with E-state index in [-0.39, 0.29) is 6.42 Å². The average molecular weight is 241 g/mol. The summed E-state index contributed by atoms with van der Waals surface area (Å²) in [5, 5.41) is 0. The van der Waals surface area contributed by atoms with E-state index in [1.807, 2.05) is 12.1 Å². The molecule has 0 fully saturated rings. The van der Waals surface area contributed by atoms with Gasteiger partial charge >= 0.3 is 6.18 Å². The van der Waals surface area contributed by atoms with Gasteiger partial charge in [-0.2, -0.15) is 13.2 Å². The van der Waals surface area contributed by atoms with E-state index < -0.39 is 12.6 Å². The standard InChI is InChI=1S/C13H14F3N/c14-13(15,16)7-1-2-9-3-4-10-8-11(17)5-6-12(9)10/h2,5-6,8H,1,3-4,7,17H2/b9-2+. The first kappa shape index (κ1) is 12.0. The molecule has 1 aliphatic rings. The molecule has 0 aliphatic heterocycles. The molecule has 0 atom stereocenters. The molecule has 17 heavy (non-hydrogen) atoms. The molecule has 0 bridgehead atoms. The van der Waals surface area contributed by atoms with Crippen molar-refractivity contribution in [3.05, 3.63) is 35.4 Å². The SMILES string of the molecule is Nc1ccc2c(c1)CC/C2=C\CCC(F)(F)F. The van der Waals surface area contributed by atoms with Gasteiger partial charge in [-0.15, -0.1) is 0 Å². The van der Waals surface area contributed by atoms with Gasteiger partial charge in [0.15, 0.2) is 0 Å². The second kappa shape index (κ2) is 4.43. The third kappa shape index (κ3) is 3.02. The van der Waals surface area contributed by atoms with Crippen molar-refractivity contribution in [3.8, 4) is 0 Å². The number of hydrogen-bond acceptors (Lipinski definition) is 1. The van der Waals surface area contributed by atoms with E-state index >= 15 is 0 Å². The third-order valence-corrected chi connectivity index (χ3v) is 2.96. The predicted octanol–water partition coefficient (Wildman–Crippen LogP) is 3.94. The molecule has 0 radical (unpaired) electrons. The Morgan fingerprint density at radius 1 is 1.24 bits per heavy atom. The molecule has 2 rings (SSSR count). The Bertz CT molecular complexity index is 446. The lowest BCUT2D eigenvalue weighted by atomic mass is 10.1. The maximum Gasteiger partial charge on any atom is 0.389 e. The molecule has 0 unspecified atom stereocenters. The third-order valence-electron chi connectivity index (χ3n) is 2.96. The molecule has 1 nitrogen and oxygen atoms in total. The number of hydrogen-bond donors (Lipinski definition) is 1. The summed E-state index contributed by atoms with van der Waals surface area (Å²) in [6, 6.07) is 5.60. The second-order valence-electron chi connectivity index (χ2n) is 4.30. The van der Waals surface area contributed by atoms with Crippen LogP contribution in [0, 0.1) is 0 Å². The Kier molecular flexibility index (Phi) is 3.13. The van der Waals surface area contributed by atoms with E-state index in [2.05, 4.69) is 0 Å². The molecule has 0 aromatic heterocycles. The van der Waals surface area contributed by atoms with Crippen LogP contribution in [0.3, 0.4) is 0 Å². The molecule has 1 aromatic rings. The van der Waals surface area contributed by atoms with Crippen LogP contribution >= 0.6 is 0 Å². The van der Waals surface area contributed by atoms with Crippen molar-refractivity contribution in [1.29, 1.82) is 0 Å². The maximum absolute atomic E-state index is 12.0. The summed E-state index contributed by atoms with van der Waals surface area (Å²) in [7, 11) is 0. The maximum atomic E-state index is 12.0. The van der Waals surface area contributed by atoms with Gasteiger partial charge in [0, 0.05) is 12.1 Å². The van der Waals surface area contributed by atoms with Crippen molar-refractivity contribution in [3.63, 3.8) is 0 Å². The van der Waals surface area contributed by atoms with Crippen molar-refractivity contribution in [2.24, 2.45) is 0 Å². The van der Waals surface area contributed by atoms with Gasteiger partial charge in [-0.25, -0.2) is 0 Å². The quantitative estimate of drug-likeness (QED) is 0.780. The fourth-order valence-electron chi connectivity index (χ4n) is 2.16. The highest BCUT2D eigenvalue weighted by atomic mass is 19.4. The van der Waals surface area contributed by atoms with Crippen molar-refractivity contribution in [1.82, 2.24) is 0 Å². The van der Waals surface area contributed by atoms with Gasteiger partial charge in [0.05, 0.1) is 0 Å². The van der Waals surface area contributed by atoms with Crippen LogP contribution in [-0.4, -0.2) is 6.18 Å². The molecule has 0 heterocycles.